The molecule has 0 atom stereocenters. The van der Waals surface area contributed by atoms with Crippen molar-refractivity contribution >= 4 is 49.5 Å². The number of hydrogen-bond donors (Lipinski definition) is 3. The van der Waals surface area contributed by atoms with E-state index in [2.05, 4.69) is 52.5 Å². The summed E-state index contributed by atoms with van der Waals surface area (Å²) in [7, 11) is 0. The highest BCUT2D eigenvalue weighted by molar-refractivity contribution is 6.30. The van der Waals surface area contributed by atoms with Gasteiger partial charge >= 0.3 is 0 Å². The van der Waals surface area contributed by atoms with Crippen LogP contribution in [0.1, 0.15) is 21.5 Å². The van der Waals surface area contributed by atoms with Crippen LogP contribution in [0.15, 0.2) is 42.5 Å². The van der Waals surface area contributed by atoms with Gasteiger partial charge in [-0.1, -0.05) is 29.8 Å². The standard InChI is InChI=1S/C21H15N3O/c1-10-6-7-15-12(8-10)16-13-9-22-21(25)18(13)17-11-4-2-3-5-14(11)23-20(17)19(16)24-15/h2-8,23-24H,9H2,1H3,(H,22,25). The SMILES string of the molecule is Cc1ccc2[nH]c3c4[nH]c5ccccc5c4c4c(c3c2c1)CNC4=O. The van der Waals surface area contributed by atoms with Gasteiger partial charge in [-0.15, -0.1) is 0 Å². The number of carbonyl (C=O) groups excluding carboxylic acids is 1. The first-order valence-electron chi connectivity index (χ1n) is 8.48. The molecule has 3 N–H and O–H groups in total. The Morgan fingerprint density at radius 2 is 1.64 bits per heavy atom. The van der Waals surface area contributed by atoms with Crippen molar-refractivity contribution in [3.63, 3.8) is 0 Å². The first kappa shape index (κ1) is 13.1. The molecule has 3 heterocycles. The minimum absolute atomic E-state index is 0.0219. The molecule has 0 radical (unpaired) electrons. The predicted octanol–water partition coefficient (Wildman–Crippen LogP) is 4.51. The predicted molar refractivity (Wildman–Crippen MR) is 101 cm³/mol. The monoisotopic (exact) mass is 325 g/mol. The third-order valence-electron chi connectivity index (χ3n) is 5.42. The molecule has 1 aliphatic heterocycles. The summed E-state index contributed by atoms with van der Waals surface area (Å²) in [5.74, 6) is 0.0219. The molecule has 120 valence electrons. The summed E-state index contributed by atoms with van der Waals surface area (Å²) in [5, 5.41) is 7.49. The van der Waals surface area contributed by atoms with Gasteiger partial charge in [0.05, 0.1) is 16.6 Å². The van der Waals surface area contributed by atoms with Crippen LogP contribution in [0.25, 0.3) is 43.6 Å². The van der Waals surface area contributed by atoms with Crippen LogP contribution < -0.4 is 5.32 Å². The van der Waals surface area contributed by atoms with Gasteiger partial charge in [0, 0.05) is 39.1 Å². The number of hydrogen-bond acceptors (Lipinski definition) is 1. The number of carbonyl (C=O) groups is 1. The van der Waals surface area contributed by atoms with Gasteiger partial charge in [0.2, 0.25) is 0 Å². The molecule has 3 aromatic carbocycles. The molecule has 0 saturated heterocycles. The van der Waals surface area contributed by atoms with Crippen molar-refractivity contribution in [3.05, 3.63) is 59.2 Å². The summed E-state index contributed by atoms with van der Waals surface area (Å²) in [4.78, 5) is 19.8. The lowest BCUT2D eigenvalue weighted by Gasteiger charge is -2.04. The maximum atomic E-state index is 12.7. The number of fused-ring (bicyclic) bond motifs is 10. The number of amides is 1. The van der Waals surface area contributed by atoms with Crippen LogP contribution in [-0.2, 0) is 6.54 Å². The van der Waals surface area contributed by atoms with Gasteiger partial charge in [-0.3, -0.25) is 4.79 Å². The Bertz CT molecular complexity index is 1370. The molecule has 0 aliphatic carbocycles. The molecule has 4 heteroatoms. The zero-order valence-corrected chi connectivity index (χ0v) is 13.7. The van der Waals surface area contributed by atoms with Crippen LogP contribution in [0, 0.1) is 6.92 Å². The summed E-state index contributed by atoms with van der Waals surface area (Å²) in [6, 6.07) is 14.6. The first-order chi connectivity index (χ1) is 12.2. The second-order valence-electron chi connectivity index (χ2n) is 6.88. The van der Waals surface area contributed by atoms with E-state index in [1.807, 2.05) is 12.1 Å². The Hall–Kier alpha value is -3.27. The van der Waals surface area contributed by atoms with E-state index in [9.17, 15) is 4.79 Å². The number of para-hydroxylation sites is 1. The van der Waals surface area contributed by atoms with E-state index in [1.54, 1.807) is 0 Å². The van der Waals surface area contributed by atoms with E-state index in [1.165, 1.54) is 10.9 Å². The molecule has 2 aromatic heterocycles. The maximum absolute atomic E-state index is 12.7. The molecule has 0 saturated carbocycles. The normalized spacial score (nSPS) is 14.0. The minimum Gasteiger partial charge on any atom is -0.353 e. The zero-order valence-electron chi connectivity index (χ0n) is 13.7. The molecule has 25 heavy (non-hydrogen) atoms. The lowest BCUT2D eigenvalue weighted by Crippen LogP contribution is -2.12. The summed E-state index contributed by atoms with van der Waals surface area (Å²) < 4.78 is 0. The molecule has 1 aliphatic rings. The maximum Gasteiger partial charge on any atom is 0.252 e. The highest BCUT2D eigenvalue weighted by atomic mass is 16.1. The third kappa shape index (κ3) is 1.50. The molecule has 0 bridgehead atoms. The Labute approximate surface area is 142 Å². The number of nitrogens with one attached hydrogen (secondary N) is 3. The topological polar surface area (TPSA) is 60.7 Å². The van der Waals surface area contributed by atoms with Gasteiger partial charge in [0.1, 0.15) is 0 Å². The molecule has 0 spiro atoms. The molecule has 4 nitrogen and oxygen atoms in total. The van der Waals surface area contributed by atoms with Crippen LogP contribution >= 0.6 is 0 Å². The summed E-state index contributed by atoms with van der Waals surface area (Å²) >= 11 is 0. The summed E-state index contributed by atoms with van der Waals surface area (Å²) in [5.41, 5.74) is 7.41. The van der Waals surface area contributed by atoms with Gasteiger partial charge in [-0.05, 0) is 30.7 Å². The number of rotatable bonds is 0. The lowest BCUT2D eigenvalue weighted by atomic mass is 9.97. The molecule has 6 rings (SSSR count). The fourth-order valence-electron chi connectivity index (χ4n) is 4.36. The van der Waals surface area contributed by atoms with E-state index in [0.29, 0.717) is 6.54 Å². The Balaban J connectivity index is 1.99. The third-order valence-corrected chi connectivity index (χ3v) is 5.42. The minimum atomic E-state index is 0.0219. The Morgan fingerprint density at radius 1 is 0.880 bits per heavy atom. The van der Waals surface area contributed by atoms with E-state index in [-0.39, 0.29) is 5.91 Å². The fourth-order valence-corrected chi connectivity index (χ4v) is 4.36. The average Bonchev–Trinajstić information content (AvgIpc) is 3.27. The molecule has 1 amide bonds. The highest BCUT2D eigenvalue weighted by Crippen LogP contribution is 2.41. The van der Waals surface area contributed by atoms with Crippen molar-refractivity contribution in [2.24, 2.45) is 0 Å². The average molecular weight is 325 g/mol. The van der Waals surface area contributed by atoms with Crippen LogP contribution in [0.5, 0.6) is 0 Å². The van der Waals surface area contributed by atoms with Crippen molar-refractivity contribution in [2.75, 3.05) is 0 Å². The Kier molecular flexibility index (Phi) is 2.21. The smallest absolute Gasteiger partial charge is 0.252 e. The number of aromatic amines is 2. The highest BCUT2D eigenvalue weighted by Gasteiger charge is 2.29. The van der Waals surface area contributed by atoms with Crippen molar-refractivity contribution in [1.82, 2.24) is 15.3 Å². The van der Waals surface area contributed by atoms with Crippen molar-refractivity contribution < 1.29 is 4.79 Å². The van der Waals surface area contributed by atoms with Gasteiger partial charge in [0.25, 0.3) is 5.91 Å². The van der Waals surface area contributed by atoms with Crippen molar-refractivity contribution in [2.45, 2.75) is 13.5 Å². The van der Waals surface area contributed by atoms with Gasteiger partial charge in [0.15, 0.2) is 0 Å². The first-order valence-corrected chi connectivity index (χ1v) is 8.48. The summed E-state index contributed by atoms with van der Waals surface area (Å²) in [6.45, 7) is 2.68. The van der Waals surface area contributed by atoms with E-state index >= 15 is 0 Å². The number of H-pyrrole nitrogens is 2. The number of benzene rings is 3. The second kappa shape index (κ2) is 4.22. The van der Waals surface area contributed by atoms with Gasteiger partial charge < -0.3 is 15.3 Å². The van der Waals surface area contributed by atoms with Crippen LogP contribution in [0.3, 0.4) is 0 Å². The largest absolute Gasteiger partial charge is 0.353 e. The van der Waals surface area contributed by atoms with E-state index in [0.717, 1.165) is 49.4 Å². The second-order valence-corrected chi connectivity index (χ2v) is 6.88. The van der Waals surface area contributed by atoms with Crippen molar-refractivity contribution in [3.8, 4) is 0 Å². The molecule has 0 unspecified atom stereocenters. The van der Waals surface area contributed by atoms with E-state index in [4.69, 9.17) is 0 Å². The quantitative estimate of drug-likeness (QED) is 0.385. The molecular formula is C21H15N3O. The molecule has 5 aromatic rings. The van der Waals surface area contributed by atoms with Gasteiger partial charge in [-0.25, -0.2) is 0 Å². The number of aryl methyl sites for hydroxylation is 1. The lowest BCUT2D eigenvalue weighted by molar-refractivity contribution is 0.0967. The summed E-state index contributed by atoms with van der Waals surface area (Å²) in [6.07, 6.45) is 0. The number of aromatic nitrogens is 2. The zero-order chi connectivity index (χ0) is 16.7. The fraction of sp³-hybridized carbons (Fsp3) is 0.0952. The van der Waals surface area contributed by atoms with Crippen LogP contribution in [0.4, 0.5) is 0 Å². The van der Waals surface area contributed by atoms with Crippen molar-refractivity contribution in [1.29, 1.82) is 0 Å². The van der Waals surface area contributed by atoms with E-state index < -0.39 is 0 Å². The van der Waals surface area contributed by atoms with Crippen LogP contribution in [0.2, 0.25) is 0 Å². The molecule has 0 fully saturated rings. The van der Waals surface area contributed by atoms with Crippen LogP contribution in [-0.4, -0.2) is 15.9 Å². The van der Waals surface area contributed by atoms with Gasteiger partial charge in [-0.2, -0.15) is 0 Å². The molecular weight excluding hydrogens is 310 g/mol. The Morgan fingerprint density at radius 3 is 2.52 bits per heavy atom.